The van der Waals surface area contributed by atoms with Gasteiger partial charge in [-0.3, -0.25) is 4.79 Å². The minimum atomic E-state index is -3.75. The van der Waals surface area contributed by atoms with Crippen LogP contribution in [0.2, 0.25) is 0 Å². The fraction of sp³-hybridized carbons (Fsp3) is 0.579. The van der Waals surface area contributed by atoms with E-state index in [1.54, 1.807) is 19.1 Å². The third kappa shape index (κ3) is 5.02. The number of ether oxygens (including phenoxy) is 1. The van der Waals surface area contributed by atoms with Crippen LogP contribution in [0, 0.1) is 11.8 Å². The van der Waals surface area contributed by atoms with Gasteiger partial charge in [-0.2, -0.15) is 4.31 Å². The van der Waals surface area contributed by atoms with E-state index in [1.807, 2.05) is 6.92 Å². The predicted molar refractivity (Wildman–Crippen MR) is 101 cm³/mol. The summed E-state index contributed by atoms with van der Waals surface area (Å²) in [5.74, 6) is -2.12. The number of aliphatic carboxylic acids is 1. The molecule has 1 aromatic carbocycles. The molecule has 0 bridgehead atoms. The number of carbonyl (C=O) groups is 2. The van der Waals surface area contributed by atoms with Gasteiger partial charge in [0, 0.05) is 13.1 Å². The summed E-state index contributed by atoms with van der Waals surface area (Å²) in [5.41, 5.74) is 0. The maximum absolute atomic E-state index is 12.9. The molecule has 9 heteroatoms. The van der Waals surface area contributed by atoms with E-state index in [4.69, 9.17) is 4.74 Å². The molecule has 0 saturated carbocycles. The molecule has 0 spiro atoms. The van der Waals surface area contributed by atoms with E-state index in [2.05, 4.69) is 5.32 Å². The van der Waals surface area contributed by atoms with Gasteiger partial charge in [0.25, 0.3) is 0 Å². The Balaban J connectivity index is 2.11. The minimum absolute atomic E-state index is 0.0144. The Labute approximate surface area is 165 Å². The first-order valence-electron chi connectivity index (χ1n) is 9.36. The number of sulfonamides is 1. The first-order valence-corrected chi connectivity index (χ1v) is 10.8. The van der Waals surface area contributed by atoms with E-state index in [1.165, 1.54) is 23.5 Å². The van der Waals surface area contributed by atoms with E-state index in [0.29, 0.717) is 31.6 Å². The van der Waals surface area contributed by atoms with Crippen LogP contribution in [0.5, 0.6) is 5.75 Å². The summed E-state index contributed by atoms with van der Waals surface area (Å²) in [5, 5.41) is 13.9. The van der Waals surface area contributed by atoms with Crippen molar-refractivity contribution in [3.63, 3.8) is 0 Å². The lowest BCUT2D eigenvalue weighted by molar-refractivity contribution is -0.309. The smallest absolute Gasteiger partial charge is 0.243 e. The largest absolute Gasteiger partial charge is 0.548 e. The summed E-state index contributed by atoms with van der Waals surface area (Å²) in [7, 11) is -2.25. The van der Waals surface area contributed by atoms with Crippen molar-refractivity contribution in [2.75, 3.05) is 20.2 Å². The molecule has 1 aromatic rings. The maximum Gasteiger partial charge on any atom is 0.243 e. The number of amides is 1. The van der Waals surface area contributed by atoms with Gasteiger partial charge in [0.05, 0.1) is 29.9 Å². The molecule has 0 radical (unpaired) electrons. The molecule has 2 rings (SSSR count). The summed E-state index contributed by atoms with van der Waals surface area (Å²) in [4.78, 5) is 24.0. The van der Waals surface area contributed by atoms with Crippen LogP contribution in [0.3, 0.4) is 0 Å². The van der Waals surface area contributed by atoms with Crippen LogP contribution < -0.4 is 15.2 Å². The molecule has 1 saturated heterocycles. The van der Waals surface area contributed by atoms with Crippen molar-refractivity contribution in [2.24, 2.45) is 11.8 Å². The van der Waals surface area contributed by atoms with Crippen LogP contribution >= 0.6 is 0 Å². The van der Waals surface area contributed by atoms with Crippen molar-refractivity contribution < 1.29 is 27.9 Å². The quantitative estimate of drug-likeness (QED) is 0.661. The van der Waals surface area contributed by atoms with Crippen LogP contribution in [0.1, 0.15) is 33.1 Å². The minimum Gasteiger partial charge on any atom is -0.548 e. The number of carboxylic acids is 1. The molecule has 8 nitrogen and oxygen atoms in total. The van der Waals surface area contributed by atoms with E-state index in [-0.39, 0.29) is 17.4 Å². The standard InChI is InChI=1S/C19H28N2O6S/c1-4-13(2)17(19(23)24)20-18(22)14-6-5-11-21(12-14)28(25,26)16-9-7-15(27-3)8-10-16/h7-10,13-14,17H,4-6,11-12H2,1-3H3,(H,20,22)(H,23,24)/p-1/t13-,14-,17+/m1/s1. The average molecular weight is 412 g/mol. The molecule has 1 N–H and O–H groups in total. The van der Waals surface area contributed by atoms with Gasteiger partial charge in [-0.25, -0.2) is 8.42 Å². The highest BCUT2D eigenvalue weighted by molar-refractivity contribution is 7.89. The molecule has 3 atom stereocenters. The van der Waals surface area contributed by atoms with Gasteiger partial charge >= 0.3 is 0 Å². The third-order valence-corrected chi connectivity index (χ3v) is 7.10. The molecule has 0 aromatic heterocycles. The predicted octanol–water partition coefficient (Wildman–Crippen LogP) is 0.377. The number of nitrogens with one attached hydrogen (secondary N) is 1. The fourth-order valence-corrected chi connectivity index (χ4v) is 4.74. The SMILES string of the molecule is CC[C@@H](C)[C@H](NC(=O)[C@@H]1CCCN(S(=O)(=O)c2ccc(OC)cc2)C1)C(=O)[O-]. The van der Waals surface area contributed by atoms with Gasteiger partial charge in [-0.15, -0.1) is 0 Å². The number of methoxy groups -OCH3 is 1. The molecule has 1 aliphatic rings. The molecule has 156 valence electrons. The van der Waals surface area contributed by atoms with Crippen LogP contribution in [-0.4, -0.2) is 50.8 Å². The Morgan fingerprint density at radius 3 is 2.50 bits per heavy atom. The lowest BCUT2D eigenvalue weighted by Crippen LogP contribution is -2.54. The lowest BCUT2D eigenvalue weighted by atomic mass is 9.95. The molecule has 1 aliphatic heterocycles. The fourth-order valence-electron chi connectivity index (χ4n) is 3.21. The number of carbonyl (C=O) groups excluding carboxylic acids is 2. The second-order valence-electron chi connectivity index (χ2n) is 7.07. The Morgan fingerprint density at radius 2 is 1.96 bits per heavy atom. The van der Waals surface area contributed by atoms with E-state index in [9.17, 15) is 23.1 Å². The van der Waals surface area contributed by atoms with Gasteiger partial charge in [0.1, 0.15) is 5.75 Å². The van der Waals surface area contributed by atoms with Crippen molar-refractivity contribution >= 4 is 21.9 Å². The molecule has 1 heterocycles. The summed E-state index contributed by atoms with van der Waals surface area (Å²) in [6.07, 6.45) is 1.59. The van der Waals surface area contributed by atoms with Gasteiger partial charge in [0.15, 0.2) is 0 Å². The van der Waals surface area contributed by atoms with Gasteiger partial charge in [-0.1, -0.05) is 20.3 Å². The van der Waals surface area contributed by atoms with E-state index in [0.717, 1.165) is 0 Å². The monoisotopic (exact) mass is 411 g/mol. The van der Waals surface area contributed by atoms with Crippen molar-refractivity contribution in [2.45, 2.75) is 44.0 Å². The van der Waals surface area contributed by atoms with Crippen molar-refractivity contribution in [1.29, 1.82) is 0 Å². The highest BCUT2D eigenvalue weighted by atomic mass is 32.2. The van der Waals surface area contributed by atoms with Crippen LogP contribution in [-0.2, 0) is 19.6 Å². The van der Waals surface area contributed by atoms with Crippen LogP contribution in [0.4, 0.5) is 0 Å². The zero-order chi connectivity index (χ0) is 20.9. The molecule has 0 aliphatic carbocycles. The summed E-state index contributed by atoms with van der Waals surface area (Å²) in [6, 6.07) is 4.97. The Kier molecular flexibility index (Phi) is 7.42. The second-order valence-corrected chi connectivity index (χ2v) is 9.01. The van der Waals surface area contributed by atoms with E-state index >= 15 is 0 Å². The molecular formula is C19H27N2O6S-. The number of hydrogen-bond donors (Lipinski definition) is 1. The molecular weight excluding hydrogens is 384 g/mol. The summed E-state index contributed by atoms with van der Waals surface area (Å²) < 4.78 is 32.1. The Bertz CT molecular complexity index is 793. The van der Waals surface area contributed by atoms with Gasteiger partial charge in [-0.05, 0) is 43.0 Å². The number of nitrogens with zero attached hydrogens (tertiary/aromatic N) is 1. The van der Waals surface area contributed by atoms with Crippen molar-refractivity contribution in [1.82, 2.24) is 9.62 Å². The summed E-state index contributed by atoms with van der Waals surface area (Å²) in [6.45, 7) is 3.88. The highest BCUT2D eigenvalue weighted by Gasteiger charge is 2.34. The second kappa shape index (κ2) is 9.38. The first-order chi connectivity index (χ1) is 13.2. The molecule has 1 amide bonds. The molecule has 0 unspecified atom stereocenters. The number of carboxylic acid groups (broad SMARTS) is 1. The molecule has 1 fully saturated rings. The zero-order valence-corrected chi connectivity index (χ0v) is 17.2. The average Bonchev–Trinajstić information content (AvgIpc) is 2.71. The lowest BCUT2D eigenvalue weighted by Gasteiger charge is -2.33. The highest BCUT2D eigenvalue weighted by Crippen LogP contribution is 2.25. The zero-order valence-electron chi connectivity index (χ0n) is 16.4. The summed E-state index contributed by atoms with van der Waals surface area (Å²) >= 11 is 0. The van der Waals surface area contributed by atoms with Crippen LogP contribution in [0.15, 0.2) is 29.2 Å². The van der Waals surface area contributed by atoms with Gasteiger partial charge < -0.3 is 20.0 Å². The van der Waals surface area contributed by atoms with Crippen LogP contribution in [0.25, 0.3) is 0 Å². The van der Waals surface area contributed by atoms with E-state index < -0.39 is 33.9 Å². The first kappa shape index (κ1) is 22.2. The third-order valence-electron chi connectivity index (χ3n) is 5.22. The Hall–Kier alpha value is -2.13. The number of rotatable bonds is 8. The topological polar surface area (TPSA) is 116 Å². The number of piperidine rings is 1. The van der Waals surface area contributed by atoms with Crippen molar-refractivity contribution in [3.8, 4) is 5.75 Å². The molecule has 28 heavy (non-hydrogen) atoms. The maximum atomic E-state index is 12.9. The number of hydrogen-bond acceptors (Lipinski definition) is 6. The van der Waals surface area contributed by atoms with Crippen molar-refractivity contribution in [3.05, 3.63) is 24.3 Å². The Morgan fingerprint density at radius 1 is 1.32 bits per heavy atom. The number of benzene rings is 1. The van der Waals surface area contributed by atoms with Gasteiger partial charge in [0.2, 0.25) is 15.9 Å². The normalized spacial score (nSPS) is 20.2.